The van der Waals surface area contributed by atoms with E-state index in [1.54, 1.807) is 0 Å². The number of carboxylic acid groups (broad SMARTS) is 1. The van der Waals surface area contributed by atoms with Gasteiger partial charge < -0.3 is 9.63 Å². The molecule has 1 heterocycles. The van der Waals surface area contributed by atoms with E-state index in [4.69, 9.17) is 9.63 Å². The summed E-state index contributed by atoms with van der Waals surface area (Å²) in [6, 6.07) is 0. The summed E-state index contributed by atoms with van der Waals surface area (Å²) in [6.07, 6.45) is 0.805. The van der Waals surface area contributed by atoms with Crippen LogP contribution in [-0.2, 0) is 16.8 Å². The minimum atomic E-state index is -0.766. The highest BCUT2D eigenvalue weighted by Gasteiger charge is 2.21. The standard InChI is InChI=1S/C12H21N3O3/c1-12(2,3)11-13-9(14-18-11)8-15(4)7-5-6-10(16)17/h5-8H2,1-4H3,(H,16,17). The molecule has 0 spiro atoms. The van der Waals surface area contributed by atoms with Crippen LogP contribution in [0.1, 0.15) is 45.3 Å². The molecule has 0 aliphatic rings. The third kappa shape index (κ3) is 4.83. The largest absolute Gasteiger partial charge is 0.481 e. The summed E-state index contributed by atoms with van der Waals surface area (Å²) in [6.45, 7) is 7.31. The molecule has 0 saturated heterocycles. The summed E-state index contributed by atoms with van der Waals surface area (Å²) in [5, 5.41) is 12.5. The van der Waals surface area contributed by atoms with Crippen LogP contribution in [0.2, 0.25) is 0 Å². The third-order valence-corrected chi connectivity index (χ3v) is 2.45. The fraction of sp³-hybridized carbons (Fsp3) is 0.750. The van der Waals surface area contributed by atoms with E-state index >= 15 is 0 Å². The second-order valence-corrected chi connectivity index (χ2v) is 5.50. The van der Waals surface area contributed by atoms with Crippen LogP contribution in [0.3, 0.4) is 0 Å². The number of hydrogen-bond donors (Lipinski definition) is 1. The monoisotopic (exact) mass is 255 g/mol. The first-order valence-corrected chi connectivity index (χ1v) is 6.02. The van der Waals surface area contributed by atoms with Crippen LogP contribution in [0, 0.1) is 0 Å². The lowest BCUT2D eigenvalue weighted by Crippen LogP contribution is -2.20. The Morgan fingerprint density at radius 2 is 2.11 bits per heavy atom. The normalized spacial score (nSPS) is 12.1. The zero-order chi connectivity index (χ0) is 13.8. The molecule has 0 aromatic carbocycles. The Labute approximate surface area is 107 Å². The van der Waals surface area contributed by atoms with Crippen LogP contribution in [-0.4, -0.2) is 39.7 Å². The van der Waals surface area contributed by atoms with Gasteiger partial charge in [0.25, 0.3) is 0 Å². The Balaban J connectivity index is 2.42. The second-order valence-electron chi connectivity index (χ2n) is 5.50. The summed E-state index contributed by atoms with van der Waals surface area (Å²) in [7, 11) is 1.91. The molecule has 0 aliphatic heterocycles. The lowest BCUT2D eigenvalue weighted by Gasteiger charge is -2.13. The molecular weight excluding hydrogens is 234 g/mol. The highest BCUT2D eigenvalue weighted by molar-refractivity contribution is 5.66. The van der Waals surface area contributed by atoms with Crippen LogP contribution in [0.25, 0.3) is 0 Å². The van der Waals surface area contributed by atoms with Gasteiger partial charge in [0.05, 0.1) is 6.54 Å². The highest BCUT2D eigenvalue weighted by atomic mass is 16.5. The van der Waals surface area contributed by atoms with Crippen molar-refractivity contribution < 1.29 is 14.4 Å². The number of aromatic nitrogens is 2. The minimum Gasteiger partial charge on any atom is -0.481 e. The molecular formula is C12H21N3O3. The van der Waals surface area contributed by atoms with E-state index in [9.17, 15) is 4.79 Å². The van der Waals surface area contributed by atoms with Gasteiger partial charge in [0, 0.05) is 11.8 Å². The third-order valence-electron chi connectivity index (χ3n) is 2.45. The van der Waals surface area contributed by atoms with Crippen molar-refractivity contribution >= 4 is 5.97 Å². The molecule has 6 nitrogen and oxygen atoms in total. The number of carbonyl (C=O) groups is 1. The first-order chi connectivity index (χ1) is 8.29. The Hall–Kier alpha value is -1.43. The van der Waals surface area contributed by atoms with Crippen LogP contribution < -0.4 is 0 Å². The summed E-state index contributed by atoms with van der Waals surface area (Å²) in [5.41, 5.74) is -0.146. The Morgan fingerprint density at radius 3 is 2.61 bits per heavy atom. The van der Waals surface area contributed by atoms with Crippen molar-refractivity contribution in [2.75, 3.05) is 13.6 Å². The molecule has 18 heavy (non-hydrogen) atoms. The summed E-state index contributed by atoms with van der Waals surface area (Å²) in [5.74, 6) is 0.493. The lowest BCUT2D eigenvalue weighted by atomic mass is 9.97. The molecule has 102 valence electrons. The van der Waals surface area contributed by atoms with Crippen molar-refractivity contribution in [1.82, 2.24) is 15.0 Å². The predicted molar refractivity (Wildman–Crippen MR) is 66.2 cm³/mol. The molecule has 0 amide bonds. The molecule has 0 saturated carbocycles. The molecule has 0 unspecified atom stereocenters. The fourth-order valence-corrected chi connectivity index (χ4v) is 1.44. The van der Waals surface area contributed by atoms with Gasteiger partial charge in [-0.25, -0.2) is 0 Å². The first kappa shape index (κ1) is 14.6. The minimum absolute atomic E-state index is 0.146. The SMILES string of the molecule is CN(CCCC(=O)O)Cc1noc(C(C)(C)C)n1. The number of rotatable bonds is 6. The number of hydrogen-bond acceptors (Lipinski definition) is 5. The summed E-state index contributed by atoms with van der Waals surface area (Å²) in [4.78, 5) is 16.7. The van der Waals surface area contributed by atoms with Gasteiger partial charge in [-0.1, -0.05) is 25.9 Å². The zero-order valence-electron chi connectivity index (χ0n) is 11.4. The van der Waals surface area contributed by atoms with Gasteiger partial charge in [0.1, 0.15) is 0 Å². The van der Waals surface area contributed by atoms with Crippen molar-refractivity contribution in [3.05, 3.63) is 11.7 Å². The van der Waals surface area contributed by atoms with E-state index in [-0.39, 0.29) is 11.8 Å². The van der Waals surface area contributed by atoms with Crippen LogP contribution >= 0.6 is 0 Å². The molecule has 0 radical (unpaired) electrons. The maximum Gasteiger partial charge on any atom is 0.303 e. The Morgan fingerprint density at radius 1 is 1.44 bits per heavy atom. The van der Waals surface area contributed by atoms with E-state index in [1.165, 1.54) is 0 Å². The maximum absolute atomic E-state index is 10.4. The zero-order valence-corrected chi connectivity index (χ0v) is 11.4. The van der Waals surface area contributed by atoms with Crippen molar-refractivity contribution in [1.29, 1.82) is 0 Å². The lowest BCUT2D eigenvalue weighted by molar-refractivity contribution is -0.137. The predicted octanol–water partition coefficient (Wildman–Crippen LogP) is 1.66. The van der Waals surface area contributed by atoms with Crippen molar-refractivity contribution in [3.63, 3.8) is 0 Å². The van der Waals surface area contributed by atoms with Crippen molar-refractivity contribution in [2.45, 2.75) is 45.6 Å². The Bertz CT molecular complexity index is 396. The van der Waals surface area contributed by atoms with Gasteiger partial charge >= 0.3 is 5.97 Å². The number of aliphatic carboxylic acids is 1. The molecule has 1 aromatic heterocycles. The average Bonchev–Trinajstić information content (AvgIpc) is 2.64. The molecule has 6 heteroatoms. The van der Waals surface area contributed by atoms with Crippen molar-refractivity contribution in [2.24, 2.45) is 0 Å². The van der Waals surface area contributed by atoms with Gasteiger partial charge in [0.15, 0.2) is 5.82 Å². The summed E-state index contributed by atoms with van der Waals surface area (Å²) >= 11 is 0. The van der Waals surface area contributed by atoms with Gasteiger partial charge in [-0.05, 0) is 20.0 Å². The number of carboxylic acids is 1. The average molecular weight is 255 g/mol. The fourth-order valence-electron chi connectivity index (χ4n) is 1.44. The highest BCUT2D eigenvalue weighted by Crippen LogP contribution is 2.19. The van der Waals surface area contributed by atoms with Crippen LogP contribution in [0.5, 0.6) is 0 Å². The molecule has 0 atom stereocenters. The summed E-state index contributed by atoms with van der Waals surface area (Å²) < 4.78 is 5.19. The topological polar surface area (TPSA) is 79.5 Å². The smallest absolute Gasteiger partial charge is 0.303 e. The maximum atomic E-state index is 10.4. The van der Waals surface area contributed by atoms with E-state index in [0.29, 0.717) is 31.2 Å². The van der Waals surface area contributed by atoms with E-state index in [2.05, 4.69) is 10.1 Å². The molecule has 0 fully saturated rings. The molecule has 1 N–H and O–H groups in total. The van der Waals surface area contributed by atoms with E-state index < -0.39 is 5.97 Å². The van der Waals surface area contributed by atoms with Crippen molar-refractivity contribution in [3.8, 4) is 0 Å². The molecule has 0 bridgehead atoms. The van der Waals surface area contributed by atoms with Crippen LogP contribution in [0.4, 0.5) is 0 Å². The van der Waals surface area contributed by atoms with E-state index in [0.717, 1.165) is 0 Å². The number of nitrogens with zero attached hydrogens (tertiary/aromatic N) is 3. The first-order valence-electron chi connectivity index (χ1n) is 6.02. The van der Waals surface area contributed by atoms with Gasteiger partial charge in [-0.3, -0.25) is 9.69 Å². The van der Waals surface area contributed by atoms with Crippen LogP contribution in [0.15, 0.2) is 4.52 Å². The quantitative estimate of drug-likeness (QED) is 0.832. The molecule has 1 aromatic rings. The second kappa shape index (κ2) is 5.95. The Kier molecular flexibility index (Phi) is 4.84. The van der Waals surface area contributed by atoms with Gasteiger partial charge in [-0.2, -0.15) is 4.98 Å². The van der Waals surface area contributed by atoms with Gasteiger partial charge in [-0.15, -0.1) is 0 Å². The molecule has 1 rings (SSSR count). The van der Waals surface area contributed by atoms with Gasteiger partial charge in [0.2, 0.25) is 5.89 Å². The van der Waals surface area contributed by atoms with E-state index in [1.807, 2.05) is 32.7 Å². The molecule has 0 aliphatic carbocycles.